The second-order valence-corrected chi connectivity index (χ2v) is 7.12. The number of hydrogen-bond donors (Lipinski definition) is 1. The summed E-state index contributed by atoms with van der Waals surface area (Å²) in [6.45, 7) is 0. The van der Waals surface area contributed by atoms with Gasteiger partial charge < -0.3 is 5.73 Å². The molecule has 25 heavy (non-hydrogen) atoms. The Balaban J connectivity index is 2.36. The number of nitrogens with zero attached hydrogens (tertiary/aromatic N) is 3. The van der Waals surface area contributed by atoms with Gasteiger partial charge in [-0.3, -0.25) is 0 Å². The SMILES string of the molecule is N#CC1=C(N)C(C#N)(C#N)C(c2ccc(Cl)cc2Cl)C2CCCC=C12. The Morgan fingerprint density at radius 1 is 1.16 bits per heavy atom. The molecule has 0 radical (unpaired) electrons. The van der Waals surface area contributed by atoms with Crippen LogP contribution in [0, 0.1) is 45.3 Å². The van der Waals surface area contributed by atoms with E-state index in [0.717, 1.165) is 24.8 Å². The highest BCUT2D eigenvalue weighted by Crippen LogP contribution is 2.56. The first-order valence-electron chi connectivity index (χ1n) is 7.88. The van der Waals surface area contributed by atoms with E-state index in [1.165, 1.54) is 0 Å². The van der Waals surface area contributed by atoms with Gasteiger partial charge in [-0.2, -0.15) is 15.8 Å². The minimum atomic E-state index is -1.64. The van der Waals surface area contributed by atoms with Crippen molar-refractivity contribution in [3.63, 3.8) is 0 Å². The fourth-order valence-electron chi connectivity index (χ4n) is 3.97. The first-order chi connectivity index (χ1) is 12.0. The van der Waals surface area contributed by atoms with E-state index in [1.807, 2.05) is 6.08 Å². The lowest BCUT2D eigenvalue weighted by Crippen LogP contribution is -2.42. The van der Waals surface area contributed by atoms with Gasteiger partial charge in [-0.25, -0.2) is 0 Å². The van der Waals surface area contributed by atoms with E-state index in [9.17, 15) is 15.8 Å². The van der Waals surface area contributed by atoms with Crippen molar-refractivity contribution in [2.24, 2.45) is 17.1 Å². The minimum Gasteiger partial charge on any atom is -0.399 e. The van der Waals surface area contributed by atoms with Crippen molar-refractivity contribution in [2.75, 3.05) is 0 Å². The second kappa shape index (κ2) is 6.45. The molecule has 1 aromatic carbocycles. The third-order valence-corrected chi connectivity index (χ3v) is 5.66. The molecule has 124 valence electrons. The van der Waals surface area contributed by atoms with Crippen molar-refractivity contribution in [1.82, 2.24) is 0 Å². The van der Waals surface area contributed by atoms with Crippen LogP contribution in [0.5, 0.6) is 0 Å². The van der Waals surface area contributed by atoms with Gasteiger partial charge in [0.1, 0.15) is 6.07 Å². The molecule has 1 aromatic rings. The van der Waals surface area contributed by atoms with Crippen molar-refractivity contribution in [1.29, 1.82) is 15.8 Å². The number of rotatable bonds is 1. The normalized spacial score (nSPS) is 24.4. The van der Waals surface area contributed by atoms with Crippen LogP contribution in [-0.2, 0) is 0 Å². The molecule has 0 saturated heterocycles. The number of nitrogens with two attached hydrogens (primary N) is 1. The van der Waals surface area contributed by atoms with Crippen LogP contribution in [0.25, 0.3) is 0 Å². The molecule has 0 bridgehead atoms. The average Bonchev–Trinajstić information content (AvgIpc) is 2.62. The maximum atomic E-state index is 9.91. The van der Waals surface area contributed by atoms with Crippen molar-refractivity contribution >= 4 is 23.2 Å². The predicted octanol–water partition coefficient (Wildman–Crippen LogP) is 4.59. The maximum Gasteiger partial charge on any atom is 0.191 e. The highest BCUT2D eigenvalue weighted by atomic mass is 35.5. The molecule has 2 aliphatic carbocycles. The molecule has 0 saturated carbocycles. The van der Waals surface area contributed by atoms with E-state index in [0.29, 0.717) is 15.6 Å². The Morgan fingerprint density at radius 3 is 2.48 bits per heavy atom. The van der Waals surface area contributed by atoms with E-state index >= 15 is 0 Å². The molecular weight excluding hydrogens is 355 g/mol. The molecule has 0 heterocycles. The summed E-state index contributed by atoms with van der Waals surface area (Å²) in [5.74, 6) is -0.704. The topological polar surface area (TPSA) is 97.4 Å². The minimum absolute atomic E-state index is 0.0143. The molecule has 2 aliphatic rings. The number of benzene rings is 1. The van der Waals surface area contributed by atoms with E-state index in [-0.39, 0.29) is 17.2 Å². The Morgan fingerprint density at radius 2 is 1.88 bits per heavy atom. The summed E-state index contributed by atoms with van der Waals surface area (Å²) < 4.78 is 0. The lowest BCUT2D eigenvalue weighted by Gasteiger charge is -2.43. The van der Waals surface area contributed by atoms with Crippen LogP contribution in [0.3, 0.4) is 0 Å². The molecule has 0 amide bonds. The standard InChI is InChI=1S/C19H14Cl2N4/c20-11-5-6-14(16(21)7-11)17-13-4-2-1-3-12(13)15(8-22)18(25)19(17,9-23)10-24/h3,5-7,13,17H,1-2,4,25H2. The summed E-state index contributed by atoms with van der Waals surface area (Å²) >= 11 is 12.4. The van der Waals surface area contributed by atoms with Crippen molar-refractivity contribution in [2.45, 2.75) is 25.2 Å². The van der Waals surface area contributed by atoms with Gasteiger partial charge in [0.15, 0.2) is 5.41 Å². The highest BCUT2D eigenvalue weighted by Gasteiger charge is 2.54. The van der Waals surface area contributed by atoms with Crippen molar-refractivity contribution < 1.29 is 0 Å². The fraction of sp³-hybridized carbons (Fsp3) is 0.316. The monoisotopic (exact) mass is 368 g/mol. The second-order valence-electron chi connectivity index (χ2n) is 6.27. The van der Waals surface area contributed by atoms with Crippen LogP contribution in [0.4, 0.5) is 0 Å². The third-order valence-electron chi connectivity index (χ3n) is 5.10. The number of fused-ring (bicyclic) bond motifs is 1. The van der Waals surface area contributed by atoms with Crippen molar-refractivity contribution in [3.8, 4) is 18.2 Å². The quantitative estimate of drug-likeness (QED) is 0.783. The van der Waals surface area contributed by atoms with Crippen LogP contribution in [0.2, 0.25) is 10.0 Å². The first kappa shape index (κ1) is 17.4. The van der Waals surface area contributed by atoms with E-state index in [2.05, 4.69) is 18.2 Å². The van der Waals surface area contributed by atoms with Crippen molar-refractivity contribution in [3.05, 3.63) is 56.7 Å². The largest absolute Gasteiger partial charge is 0.399 e. The summed E-state index contributed by atoms with van der Waals surface area (Å²) in [6, 6.07) is 11.3. The summed E-state index contributed by atoms with van der Waals surface area (Å²) in [4.78, 5) is 0. The Labute approximate surface area is 156 Å². The van der Waals surface area contributed by atoms with Crippen LogP contribution in [0.1, 0.15) is 30.7 Å². The van der Waals surface area contributed by atoms with Gasteiger partial charge in [-0.15, -0.1) is 0 Å². The zero-order valence-corrected chi connectivity index (χ0v) is 14.8. The molecule has 6 heteroatoms. The average molecular weight is 369 g/mol. The zero-order chi connectivity index (χ0) is 18.2. The lowest BCUT2D eigenvalue weighted by molar-refractivity contribution is 0.317. The van der Waals surface area contributed by atoms with Crippen LogP contribution >= 0.6 is 23.2 Å². The van der Waals surface area contributed by atoms with Crippen LogP contribution in [0.15, 0.2) is 41.1 Å². The van der Waals surface area contributed by atoms with Gasteiger partial charge in [0.25, 0.3) is 0 Å². The molecule has 4 nitrogen and oxygen atoms in total. The molecule has 0 fully saturated rings. The molecule has 2 unspecified atom stereocenters. The van der Waals surface area contributed by atoms with Gasteiger partial charge in [-0.05, 0) is 48.4 Å². The van der Waals surface area contributed by atoms with E-state index in [4.69, 9.17) is 28.9 Å². The maximum absolute atomic E-state index is 9.91. The third kappa shape index (κ3) is 2.49. The molecule has 2 N–H and O–H groups in total. The summed E-state index contributed by atoms with van der Waals surface area (Å²) in [5, 5.41) is 30.3. The number of nitriles is 3. The fourth-order valence-corrected chi connectivity index (χ4v) is 4.50. The molecule has 0 aliphatic heterocycles. The van der Waals surface area contributed by atoms with Gasteiger partial charge >= 0.3 is 0 Å². The molecule has 0 aromatic heterocycles. The molecule has 3 rings (SSSR count). The number of allylic oxidation sites excluding steroid dienone is 4. The first-order valence-corrected chi connectivity index (χ1v) is 8.64. The summed E-state index contributed by atoms with van der Waals surface area (Å²) in [7, 11) is 0. The van der Waals surface area contributed by atoms with Crippen LogP contribution < -0.4 is 5.73 Å². The van der Waals surface area contributed by atoms with Gasteiger partial charge in [-0.1, -0.05) is 35.3 Å². The molecule has 2 atom stereocenters. The highest BCUT2D eigenvalue weighted by molar-refractivity contribution is 6.35. The lowest BCUT2D eigenvalue weighted by atomic mass is 9.57. The summed E-state index contributed by atoms with van der Waals surface area (Å²) in [6.07, 6.45) is 4.52. The predicted molar refractivity (Wildman–Crippen MR) is 95.1 cm³/mol. The Kier molecular flexibility index (Phi) is 4.49. The zero-order valence-electron chi connectivity index (χ0n) is 13.3. The van der Waals surface area contributed by atoms with Gasteiger partial charge in [0.2, 0.25) is 0 Å². The smallest absolute Gasteiger partial charge is 0.191 e. The Bertz CT molecular complexity index is 910. The Hall–Kier alpha value is -2.45. The van der Waals surface area contributed by atoms with Gasteiger partial charge in [0, 0.05) is 16.0 Å². The van der Waals surface area contributed by atoms with Crippen LogP contribution in [-0.4, -0.2) is 0 Å². The molecular formula is C19H14Cl2N4. The van der Waals surface area contributed by atoms with E-state index < -0.39 is 11.3 Å². The van der Waals surface area contributed by atoms with E-state index in [1.54, 1.807) is 18.2 Å². The summed E-state index contributed by atoms with van der Waals surface area (Å²) in [5.41, 5.74) is 6.32. The molecule has 0 spiro atoms. The number of halogens is 2. The van der Waals surface area contributed by atoms with Gasteiger partial charge in [0.05, 0.1) is 23.4 Å². The number of hydrogen-bond acceptors (Lipinski definition) is 4.